The zero-order valence-electron chi connectivity index (χ0n) is 35.5. The molecule has 0 bridgehead atoms. The molecule has 4 aliphatic heterocycles. The standard InChI is InChI=1S/C9H19N.C8H17NO.C8H17N.C7H15N.4C2H6.CH4/c1-9(2,3)10-7-5-4-6-8-10;1-8(2,3)9-4-6-10-7-5-9;1-8(2,3)9-6-4-5-7-9;1-7(2,3)8-5-4-6-8;4*1-2;/h4-8H2,1-3H3;4-7H2,1-3H3;4-7H2,1-3H3;4-6H2,1-3H3;4*1-2H3;1H4. The molecule has 4 saturated heterocycles. The van der Waals surface area contributed by atoms with Gasteiger partial charge in [-0.2, -0.15) is 0 Å². The highest BCUT2D eigenvalue weighted by Crippen LogP contribution is 2.21. The quantitative estimate of drug-likeness (QED) is 0.257. The average molecular weight is 661 g/mol. The van der Waals surface area contributed by atoms with Gasteiger partial charge in [-0.15, -0.1) is 0 Å². The molecular formula is C41H96N4O. The van der Waals surface area contributed by atoms with Crippen molar-refractivity contribution in [3.05, 3.63) is 0 Å². The summed E-state index contributed by atoms with van der Waals surface area (Å²) in [5.41, 5.74) is 1.57. The highest BCUT2D eigenvalue weighted by molar-refractivity contribution is 4.82. The number of likely N-dealkylation sites (tertiary alicyclic amines) is 3. The van der Waals surface area contributed by atoms with Gasteiger partial charge < -0.3 is 4.74 Å². The van der Waals surface area contributed by atoms with E-state index in [1.54, 1.807) is 0 Å². The van der Waals surface area contributed by atoms with Gasteiger partial charge in [0.15, 0.2) is 0 Å². The van der Waals surface area contributed by atoms with E-state index in [4.69, 9.17) is 4.74 Å². The van der Waals surface area contributed by atoms with E-state index < -0.39 is 0 Å². The predicted molar refractivity (Wildman–Crippen MR) is 216 cm³/mol. The Morgan fingerprint density at radius 1 is 0.304 bits per heavy atom. The third kappa shape index (κ3) is 28.8. The maximum absolute atomic E-state index is 5.25. The van der Waals surface area contributed by atoms with Gasteiger partial charge in [0.2, 0.25) is 0 Å². The summed E-state index contributed by atoms with van der Waals surface area (Å²) < 4.78 is 5.25. The molecule has 4 fully saturated rings. The van der Waals surface area contributed by atoms with Crippen LogP contribution in [0.25, 0.3) is 0 Å². The molecule has 0 aromatic carbocycles. The maximum atomic E-state index is 5.25. The van der Waals surface area contributed by atoms with Crippen molar-refractivity contribution in [3.8, 4) is 0 Å². The number of hydrogen-bond acceptors (Lipinski definition) is 5. The fraction of sp³-hybridized carbons (Fsp3) is 1.00. The van der Waals surface area contributed by atoms with Crippen molar-refractivity contribution in [1.29, 1.82) is 0 Å². The zero-order valence-corrected chi connectivity index (χ0v) is 35.5. The Morgan fingerprint density at radius 3 is 0.652 bits per heavy atom. The van der Waals surface area contributed by atoms with Crippen LogP contribution < -0.4 is 0 Å². The van der Waals surface area contributed by atoms with Crippen LogP contribution in [0.2, 0.25) is 0 Å². The summed E-state index contributed by atoms with van der Waals surface area (Å²) in [4.78, 5) is 10.1. The lowest BCUT2D eigenvalue weighted by atomic mass is 10.0. The number of hydrogen-bond donors (Lipinski definition) is 0. The minimum Gasteiger partial charge on any atom is -0.379 e. The van der Waals surface area contributed by atoms with Crippen LogP contribution in [-0.2, 0) is 4.74 Å². The first-order valence-electron chi connectivity index (χ1n) is 19.5. The molecule has 0 aromatic heterocycles. The monoisotopic (exact) mass is 661 g/mol. The summed E-state index contributed by atoms with van der Waals surface area (Å²) in [6.07, 6.45) is 8.44. The second kappa shape index (κ2) is 30.8. The van der Waals surface area contributed by atoms with E-state index in [1.165, 1.54) is 77.8 Å². The molecule has 5 nitrogen and oxygen atoms in total. The Hall–Kier alpha value is -0.200. The van der Waals surface area contributed by atoms with E-state index in [2.05, 4.69) is 103 Å². The van der Waals surface area contributed by atoms with Crippen LogP contribution in [0, 0.1) is 0 Å². The second-order valence-electron chi connectivity index (χ2n) is 15.4. The third-order valence-corrected chi connectivity index (χ3v) is 8.12. The molecule has 0 spiro atoms. The van der Waals surface area contributed by atoms with Crippen molar-refractivity contribution < 1.29 is 4.74 Å². The summed E-state index contributed by atoms with van der Waals surface area (Å²) >= 11 is 0. The molecule has 0 aromatic rings. The van der Waals surface area contributed by atoms with E-state index in [0.29, 0.717) is 22.2 Å². The van der Waals surface area contributed by atoms with Crippen molar-refractivity contribution in [2.75, 3.05) is 65.6 Å². The molecule has 0 saturated carbocycles. The molecule has 0 amide bonds. The van der Waals surface area contributed by atoms with E-state index in [-0.39, 0.29) is 7.43 Å². The Balaban J connectivity index is -0.000000150. The Labute approximate surface area is 296 Å². The van der Waals surface area contributed by atoms with Gasteiger partial charge in [0.05, 0.1) is 13.2 Å². The van der Waals surface area contributed by atoms with Gasteiger partial charge in [-0.25, -0.2) is 0 Å². The van der Waals surface area contributed by atoms with Gasteiger partial charge in [0.25, 0.3) is 0 Å². The summed E-state index contributed by atoms with van der Waals surface area (Å²) in [6.45, 7) is 55.2. The van der Waals surface area contributed by atoms with Crippen LogP contribution in [0.5, 0.6) is 0 Å². The second-order valence-corrected chi connectivity index (χ2v) is 15.4. The van der Waals surface area contributed by atoms with E-state index >= 15 is 0 Å². The zero-order chi connectivity index (χ0) is 36.3. The van der Waals surface area contributed by atoms with Gasteiger partial charge in [0, 0.05) is 35.2 Å². The van der Waals surface area contributed by atoms with Crippen molar-refractivity contribution in [2.45, 2.75) is 207 Å². The smallest absolute Gasteiger partial charge is 0.0594 e. The normalized spacial score (nSPS) is 19.0. The average Bonchev–Trinajstić information content (AvgIpc) is 3.53. The molecular weight excluding hydrogens is 564 g/mol. The molecule has 0 N–H and O–H groups in total. The fourth-order valence-electron chi connectivity index (χ4n) is 5.17. The fourth-order valence-corrected chi connectivity index (χ4v) is 5.17. The number of piperidine rings is 1. The first-order valence-corrected chi connectivity index (χ1v) is 19.5. The van der Waals surface area contributed by atoms with Crippen LogP contribution in [0.4, 0.5) is 0 Å². The molecule has 286 valence electrons. The van der Waals surface area contributed by atoms with Crippen molar-refractivity contribution in [1.82, 2.24) is 19.6 Å². The molecule has 0 aliphatic carbocycles. The molecule has 0 radical (unpaired) electrons. The Bertz CT molecular complexity index is 546. The van der Waals surface area contributed by atoms with Crippen LogP contribution >= 0.6 is 0 Å². The summed E-state index contributed by atoms with van der Waals surface area (Å²) in [5.74, 6) is 0. The predicted octanol–water partition coefficient (Wildman–Crippen LogP) is 11.5. The lowest BCUT2D eigenvalue weighted by Gasteiger charge is -2.42. The lowest BCUT2D eigenvalue weighted by Crippen LogP contribution is -2.49. The maximum Gasteiger partial charge on any atom is 0.0594 e. The molecule has 46 heavy (non-hydrogen) atoms. The summed E-state index contributed by atoms with van der Waals surface area (Å²) in [5, 5.41) is 0. The van der Waals surface area contributed by atoms with Gasteiger partial charge in [-0.3, -0.25) is 19.6 Å². The van der Waals surface area contributed by atoms with Gasteiger partial charge in [0.1, 0.15) is 0 Å². The highest BCUT2D eigenvalue weighted by atomic mass is 16.5. The van der Waals surface area contributed by atoms with Gasteiger partial charge >= 0.3 is 0 Å². The molecule has 0 unspecified atom stereocenters. The van der Waals surface area contributed by atoms with E-state index in [9.17, 15) is 0 Å². The van der Waals surface area contributed by atoms with Crippen LogP contribution in [0.3, 0.4) is 0 Å². The first kappa shape index (κ1) is 55.2. The van der Waals surface area contributed by atoms with Crippen LogP contribution in [-0.4, -0.2) is 107 Å². The van der Waals surface area contributed by atoms with Crippen LogP contribution in [0.1, 0.15) is 184 Å². The lowest BCUT2D eigenvalue weighted by molar-refractivity contribution is -0.00389. The summed E-state index contributed by atoms with van der Waals surface area (Å²) in [6, 6.07) is 0. The van der Waals surface area contributed by atoms with Crippen molar-refractivity contribution >= 4 is 0 Å². The number of morpholine rings is 1. The molecule has 0 atom stereocenters. The summed E-state index contributed by atoms with van der Waals surface area (Å²) in [7, 11) is 0. The SMILES string of the molecule is C.CC.CC.CC.CC.CC(C)(C)N1CCC1.CC(C)(C)N1CCCC1.CC(C)(C)N1CCCCC1.CC(C)(C)N1CCOCC1. The minimum atomic E-state index is 0. The minimum absolute atomic E-state index is 0. The molecule has 5 heteroatoms. The third-order valence-electron chi connectivity index (χ3n) is 8.12. The number of nitrogens with zero attached hydrogens (tertiary/aromatic N) is 4. The molecule has 4 heterocycles. The Morgan fingerprint density at radius 2 is 0.500 bits per heavy atom. The molecule has 4 rings (SSSR count). The van der Waals surface area contributed by atoms with Crippen molar-refractivity contribution in [2.24, 2.45) is 0 Å². The highest BCUT2D eigenvalue weighted by Gasteiger charge is 2.26. The van der Waals surface area contributed by atoms with Crippen LogP contribution in [0.15, 0.2) is 0 Å². The van der Waals surface area contributed by atoms with Gasteiger partial charge in [-0.05, 0) is 154 Å². The topological polar surface area (TPSA) is 22.2 Å². The van der Waals surface area contributed by atoms with E-state index in [1.807, 2.05) is 55.4 Å². The van der Waals surface area contributed by atoms with Crippen molar-refractivity contribution in [3.63, 3.8) is 0 Å². The Kier molecular flexibility index (Phi) is 37.0. The van der Waals surface area contributed by atoms with E-state index in [0.717, 1.165) is 26.3 Å². The number of rotatable bonds is 0. The molecule has 4 aliphatic rings. The first-order chi connectivity index (χ1) is 20.9. The largest absolute Gasteiger partial charge is 0.379 e. The number of ether oxygens (including phenoxy) is 1. The van der Waals surface area contributed by atoms with Gasteiger partial charge in [-0.1, -0.05) is 69.2 Å².